The Balaban J connectivity index is 1.36. The number of aromatic amines is 2. The highest BCUT2D eigenvalue weighted by Gasteiger charge is 2.15. The lowest BCUT2D eigenvalue weighted by molar-refractivity contribution is 0.645. The molecule has 5 aromatic heterocycles. The third-order valence-corrected chi connectivity index (χ3v) is 7.88. The van der Waals surface area contributed by atoms with E-state index in [2.05, 4.69) is 93.7 Å². The van der Waals surface area contributed by atoms with Crippen molar-refractivity contribution in [3.8, 4) is 33.0 Å². The molecule has 186 valence electrons. The van der Waals surface area contributed by atoms with Crippen LogP contribution in [0, 0.1) is 6.92 Å². The molecule has 0 saturated heterocycles. The number of H-pyrrole nitrogens is 2. The first-order valence-electron chi connectivity index (χ1n) is 12.8. The second-order valence-electron chi connectivity index (χ2n) is 9.72. The normalized spacial score (nSPS) is 12.4. The maximum Gasteiger partial charge on any atom is 0.116 e. The van der Waals surface area contributed by atoms with Crippen LogP contribution in [0.5, 0.6) is 0 Å². The summed E-state index contributed by atoms with van der Waals surface area (Å²) in [6, 6.07) is 15.5. The van der Waals surface area contributed by atoms with Crippen LogP contribution in [0.4, 0.5) is 5.69 Å². The topological polar surface area (TPSA) is 82.3 Å². The van der Waals surface area contributed by atoms with Crippen molar-refractivity contribution in [3.05, 3.63) is 72.1 Å². The van der Waals surface area contributed by atoms with Crippen LogP contribution in [0.25, 0.3) is 54.8 Å². The molecule has 6 rings (SSSR count). The summed E-state index contributed by atoms with van der Waals surface area (Å²) in [6.45, 7) is 6.59. The monoisotopic (exact) mass is 506 g/mol. The summed E-state index contributed by atoms with van der Waals surface area (Å²) in [5.41, 5.74) is 8.26. The number of nitrogens with one attached hydrogen (secondary N) is 3. The van der Waals surface area contributed by atoms with Crippen LogP contribution in [0.1, 0.15) is 38.0 Å². The van der Waals surface area contributed by atoms with Crippen LogP contribution in [-0.4, -0.2) is 31.2 Å². The lowest BCUT2D eigenvalue weighted by atomic mass is 10.0. The second kappa shape index (κ2) is 9.82. The van der Waals surface area contributed by atoms with E-state index in [0.29, 0.717) is 6.04 Å². The summed E-state index contributed by atoms with van der Waals surface area (Å²) in [6.07, 6.45) is 11.2. The van der Waals surface area contributed by atoms with E-state index >= 15 is 0 Å². The molecule has 0 saturated carbocycles. The van der Waals surface area contributed by atoms with Crippen molar-refractivity contribution in [3.63, 3.8) is 0 Å². The SMILES string of the molecule is CCCCC(C)Nc1cncc(-c2ccc3[nH]nc(-c4cc5c(-c6ccc(C)s6)cncc5[nH]4)c3c2)c1. The van der Waals surface area contributed by atoms with Gasteiger partial charge in [0.1, 0.15) is 5.69 Å². The Morgan fingerprint density at radius 1 is 0.919 bits per heavy atom. The number of aromatic nitrogens is 5. The van der Waals surface area contributed by atoms with Gasteiger partial charge in [0.05, 0.1) is 28.6 Å². The standard InChI is InChI=1S/C30H30N6S/c1-4-5-6-18(2)33-22-11-21(14-31-15-22)20-8-9-26-24(12-20)30(36-35-26)27-13-23-25(16-32-17-28(23)34-27)29-10-7-19(3)37-29/h7-18,33-34H,4-6H2,1-3H3,(H,35,36). The van der Waals surface area contributed by atoms with E-state index in [0.717, 1.165) is 62.0 Å². The first-order valence-corrected chi connectivity index (χ1v) is 13.6. The molecule has 0 bridgehead atoms. The highest BCUT2D eigenvalue weighted by Crippen LogP contribution is 2.37. The number of hydrogen-bond acceptors (Lipinski definition) is 5. The van der Waals surface area contributed by atoms with Crippen molar-refractivity contribution in [1.29, 1.82) is 0 Å². The first kappa shape index (κ1) is 23.4. The highest BCUT2D eigenvalue weighted by molar-refractivity contribution is 7.15. The Morgan fingerprint density at radius 2 is 1.81 bits per heavy atom. The van der Waals surface area contributed by atoms with E-state index in [9.17, 15) is 0 Å². The fourth-order valence-corrected chi connectivity index (χ4v) is 5.79. The van der Waals surface area contributed by atoms with E-state index in [1.807, 2.05) is 24.8 Å². The molecule has 1 unspecified atom stereocenters. The molecule has 6 aromatic rings. The number of fused-ring (bicyclic) bond motifs is 2. The lowest BCUT2D eigenvalue weighted by Crippen LogP contribution is -2.14. The van der Waals surface area contributed by atoms with Gasteiger partial charge in [0.2, 0.25) is 0 Å². The average molecular weight is 507 g/mol. The number of thiophene rings is 1. The number of aryl methyl sites for hydroxylation is 1. The van der Waals surface area contributed by atoms with Gasteiger partial charge in [0, 0.05) is 56.3 Å². The summed E-state index contributed by atoms with van der Waals surface area (Å²) in [5.74, 6) is 0. The molecule has 0 fully saturated rings. The van der Waals surface area contributed by atoms with Crippen LogP contribution < -0.4 is 5.32 Å². The summed E-state index contributed by atoms with van der Waals surface area (Å²) < 4.78 is 0. The Morgan fingerprint density at radius 3 is 2.65 bits per heavy atom. The second-order valence-corrected chi connectivity index (χ2v) is 11.0. The molecule has 0 aliphatic heterocycles. The number of pyridine rings is 2. The first-order chi connectivity index (χ1) is 18.1. The molecule has 6 nitrogen and oxygen atoms in total. The van der Waals surface area contributed by atoms with Crippen LogP contribution in [0.2, 0.25) is 0 Å². The summed E-state index contributed by atoms with van der Waals surface area (Å²) in [5, 5.41) is 13.7. The quantitative estimate of drug-likeness (QED) is 0.194. The zero-order valence-electron chi connectivity index (χ0n) is 21.3. The summed E-state index contributed by atoms with van der Waals surface area (Å²) >= 11 is 1.79. The molecule has 0 aliphatic rings. The minimum atomic E-state index is 0.416. The van der Waals surface area contributed by atoms with Crippen LogP contribution in [0.15, 0.2) is 67.3 Å². The molecular formula is C30H30N6S. The number of rotatable bonds is 8. The van der Waals surface area contributed by atoms with Crippen molar-refractivity contribution in [2.75, 3.05) is 5.32 Å². The fraction of sp³-hybridized carbons (Fsp3) is 0.233. The van der Waals surface area contributed by atoms with Crippen molar-refractivity contribution < 1.29 is 0 Å². The van der Waals surface area contributed by atoms with Gasteiger partial charge in [-0.1, -0.05) is 25.8 Å². The van der Waals surface area contributed by atoms with Gasteiger partial charge in [0.15, 0.2) is 0 Å². The number of nitrogens with zero attached hydrogens (tertiary/aromatic N) is 3. The number of anilines is 1. The van der Waals surface area contributed by atoms with E-state index in [4.69, 9.17) is 0 Å². The van der Waals surface area contributed by atoms with Gasteiger partial charge in [-0.25, -0.2) is 0 Å². The van der Waals surface area contributed by atoms with Gasteiger partial charge in [-0.15, -0.1) is 11.3 Å². The predicted molar refractivity (Wildman–Crippen MR) is 155 cm³/mol. The lowest BCUT2D eigenvalue weighted by Gasteiger charge is -2.15. The number of hydrogen-bond donors (Lipinski definition) is 3. The Labute approximate surface area is 220 Å². The van der Waals surface area contributed by atoms with Gasteiger partial charge in [0.25, 0.3) is 0 Å². The Bertz CT molecular complexity index is 1690. The largest absolute Gasteiger partial charge is 0.381 e. The van der Waals surface area contributed by atoms with Crippen LogP contribution in [-0.2, 0) is 0 Å². The molecule has 0 spiro atoms. The van der Waals surface area contributed by atoms with E-state index in [1.165, 1.54) is 22.6 Å². The third-order valence-electron chi connectivity index (χ3n) is 6.84. The minimum Gasteiger partial charge on any atom is -0.381 e. The van der Waals surface area contributed by atoms with E-state index < -0.39 is 0 Å². The molecule has 0 amide bonds. The van der Waals surface area contributed by atoms with E-state index in [-0.39, 0.29) is 0 Å². The van der Waals surface area contributed by atoms with Crippen LogP contribution >= 0.6 is 11.3 Å². The van der Waals surface area contributed by atoms with Gasteiger partial charge in [-0.2, -0.15) is 5.10 Å². The molecule has 3 N–H and O–H groups in total. The fourth-order valence-electron chi connectivity index (χ4n) is 4.90. The zero-order valence-corrected chi connectivity index (χ0v) is 22.1. The Kier molecular flexibility index (Phi) is 6.22. The average Bonchev–Trinajstić information content (AvgIpc) is 3.64. The molecule has 0 radical (unpaired) electrons. The minimum absolute atomic E-state index is 0.416. The van der Waals surface area contributed by atoms with E-state index in [1.54, 1.807) is 11.3 Å². The zero-order chi connectivity index (χ0) is 25.4. The van der Waals surface area contributed by atoms with Gasteiger partial charge in [-0.05, 0) is 62.2 Å². The predicted octanol–water partition coefficient (Wildman–Crippen LogP) is 8.20. The van der Waals surface area contributed by atoms with Crippen LogP contribution in [0.3, 0.4) is 0 Å². The molecule has 1 atom stereocenters. The smallest absolute Gasteiger partial charge is 0.116 e. The van der Waals surface area contributed by atoms with Crippen molar-refractivity contribution in [2.45, 2.75) is 46.1 Å². The highest BCUT2D eigenvalue weighted by atomic mass is 32.1. The van der Waals surface area contributed by atoms with Crippen molar-refractivity contribution in [2.24, 2.45) is 0 Å². The molecule has 1 aromatic carbocycles. The maximum absolute atomic E-state index is 4.69. The van der Waals surface area contributed by atoms with Crippen molar-refractivity contribution in [1.82, 2.24) is 25.1 Å². The molecule has 0 aliphatic carbocycles. The number of unbranched alkanes of at least 4 members (excludes halogenated alkanes) is 1. The van der Waals surface area contributed by atoms with Gasteiger partial charge < -0.3 is 10.3 Å². The van der Waals surface area contributed by atoms with Crippen molar-refractivity contribution >= 4 is 38.8 Å². The Hall–Kier alpha value is -3.97. The molecule has 37 heavy (non-hydrogen) atoms. The van der Waals surface area contributed by atoms with Gasteiger partial charge >= 0.3 is 0 Å². The molecule has 7 heteroatoms. The molecular weight excluding hydrogens is 476 g/mol. The maximum atomic E-state index is 4.69. The molecule has 5 heterocycles. The third kappa shape index (κ3) is 4.62. The summed E-state index contributed by atoms with van der Waals surface area (Å²) in [4.78, 5) is 15.1. The van der Waals surface area contributed by atoms with Gasteiger partial charge in [-0.3, -0.25) is 15.1 Å². The summed E-state index contributed by atoms with van der Waals surface area (Å²) in [7, 11) is 0. The number of benzene rings is 1.